The molecular weight excluding hydrogens is 378 g/mol. The number of nitrogens with one attached hydrogen (secondary N) is 1. The highest BCUT2D eigenvalue weighted by molar-refractivity contribution is 5.98. The van der Waals surface area contributed by atoms with Crippen molar-refractivity contribution in [2.45, 2.75) is 19.4 Å². The molecule has 7 nitrogen and oxygen atoms in total. The average molecular weight is 399 g/mol. The Hall–Kier alpha value is -3.87. The van der Waals surface area contributed by atoms with Crippen molar-refractivity contribution < 1.29 is 4.74 Å². The van der Waals surface area contributed by atoms with Gasteiger partial charge in [0, 0.05) is 6.54 Å². The molecule has 3 aromatic carbocycles. The van der Waals surface area contributed by atoms with E-state index >= 15 is 0 Å². The lowest BCUT2D eigenvalue weighted by Crippen LogP contribution is -2.12. The topological polar surface area (TPSA) is 98.8 Å². The molecule has 0 aliphatic heterocycles. The van der Waals surface area contributed by atoms with Crippen LogP contribution in [0.4, 0.5) is 5.95 Å². The highest BCUT2D eigenvalue weighted by Gasteiger charge is 2.09. The van der Waals surface area contributed by atoms with Crippen LogP contribution in [0.3, 0.4) is 0 Å². The second-order valence-electron chi connectivity index (χ2n) is 7.33. The number of H-pyrrole nitrogens is 1. The number of imidazole rings is 1. The lowest BCUT2D eigenvalue weighted by molar-refractivity contribution is 0.304. The number of anilines is 1. The van der Waals surface area contributed by atoms with Crippen molar-refractivity contribution >= 4 is 38.7 Å². The minimum Gasteiger partial charge on any atom is -0.494 e. The second-order valence-corrected chi connectivity index (χ2v) is 7.33. The van der Waals surface area contributed by atoms with E-state index in [-0.39, 0.29) is 11.5 Å². The van der Waals surface area contributed by atoms with Gasteiger partial charge in [-0.3, -0.25) is 9.78 Å². The van der Waals surface area contributed by atoms with Gasteiger partial charge in [-0.2, -0.15) is 4.98 Å². The van der Waals surface area contributed by atoms with Crippen molar-refractivity contribution in [1.29, 1.82) is 0 Å². The van der Waals surface area contributed by atoms with Gasteiger partial charge in [-0.25, -0.2) is 4.98 Å². The van der Waals surface area contributed by atoms with Crippen LogP contribution in [0, 0.1) is 0 Å². The maximum atomic E-state index is 11.8. The number of benzene rings is 3. The summed E-state index contributed by atoms with van der Waals surface area (Å²) in [7, 11) is 0. The number of fused-ring (bicyclic) bond motifs is 3. The smallest absolute Gasteiger partial charge is 0.280 e. The molecule has 5 aromatic rings. The molecular formula is C23H21N5O2. The van der Waals surface area contributed by atoms with Crippen LogP contribution in [0.25, 0.3) is 32.7 Å². The van der Waals surface area contributed by atoms with Crippen molar-refractivity contribution in [2.75, 3.05) is 12.3 Å². The predicted molar refractivity (Wildman–Crippen MR) is 119 cm³/mol. The molecule has 0 unspecified atom stereocenters. The zero-order chi connectivity index (χ0) is 20.5. The molecule has 0 saturated carbocycles. The first-order valence-corrected chi connectivity index (χ1v) is 9.93. The van der Waals surface area contributed by atoms with E-state index in [1.54, 1.807) is 6.33 Å². The number of unbranched alkanes of at least 4 members (excludes halogenated alkanes) is 1. The molecule has 7 heteroatoms. The molecule has 3 N–H and O–H groups in total. The Morgan fingerprint density at radius 3 is 2.57 bits per heavy atom. The number of aromatic amines is 1. The molecule has 2 heterocycles. The molecule has 0 amide bonds. The van der Waals surface area contributed by atoms with Crippen LogP contribution in [-0.4, -0.2) is 26.1 Å². The summed E-state index contributed by atoms with van der Waals surface area (Å²) in [6, 6.07) is 19.0. The van der Waals surface area contributed by atoms with E-state index in [4.69, 9.17) is 10.5 Å². The van der Waals surface area contributed by atoms with Gasteiger partial charge in [0.25, 0.3) is 5.56 Å². The zero-order valence-electron chi connectivity index (χ0n) is 16.3. The summed E-state index contributed by atoms with van der Waals surface area (Å²) in [4.78, 5) is 22.6. The Kier molecular flexibility index (Phi) is 4.55. The van der Waals surface area contributed by atoms with Crippen molar-refractivity contribution in [3.05, 3.63) is 71.3 Å². The van der Waals surface area contributed by atoms with Crippen LogP contribution >= 0.6 is 0 Å². The van der Waals surface area contributed by atoms with E-state index in [0.717, 1.165) is 18.6 Å². The largest absolute Gasteiger partial charge is 0.494 e. The number of nitrogens with zero attached hydrogens (tertiary/aromatic N) is 3. The third kappa shape index (κ3) is 3.45. The van der Waals surface area contributed by atoms with Gasteiger partial charge in [0.2, 0.25) is 5.95 Å². The fourth-order valence-corrected chi connectivity index (χ4v) is 3.72. The SMILES string of the molecule is Nc1nc2c(ncn2CCCCOc2ccc3cc4ccccc4cc3c2)c(=O)[nH]1. The van der Waals surface area contributed by atoms with Gasteiger partial charge in [-0.15, -0.1) is 0 Å². The van der Waals surface area contributed by atoms with Crippen LogP contribution in [0.15, 0.2) is 65.7 Å². The van der Waals surface area contributed by atoms with Gasteiger partial charge in [0.1, 0.15) is 5.75 Å². The van der Waals surface area contributed by atoms with E-state index in [9.17, 15) is 4.79 Å². The number of hydrogen-bond donors (Lipinski definition) is 2. The average Bonchev–Trinajstić information content (AvgIpc) is 3.15. The number of aromatic nitrogens is 4. The third-order valence-corrected chi connectivity index (χ3v) is 5.23. The van der Waals surface area contributed by atoms with Crippen LogP contribution in [0.5, 0.6) is 5.75 Å². The monoisotopic (exact) mass is 399 g/mol. The Bertz CT molecular complexity index is 1420. The summed E-state index contributed by atoms with van der Waals surface area (Å²) in [5.74, 6) is 0.966. The Labute approximate surface area is 172 Å². The molecule has 5 rings (SSSR count). The number of nitrogen functional groups attached to an aromatic ring is 1. The van der Waals surface area contributed by atoms with E-state index in [1.807, 2.05) is 10.6 Å². The number of aryl methyl sites for hydroxylation is 1. The van der Waals surface area contributed by atoms with Gasteiger partial charge in [-0.1, -0.05) is 30.3 Å². The number of hydrogen-bond acceptors (Lipinski definition) is 5. The predicted octanol–water partition coefficient (Wildman–Crippen LogP) is 3.87. The van der Waals surface area contributed by atoms with E-state index in [2.05, 4.69) is 63.5 Å². The molecule has 0 bridgehead atoms. The molecule has 30 heavy (non-hydrogen) atoms. The highest BCUT2D eigenvalue weighted by atomic mass is 16.5. The van der Waals surface area contributed by atoms with Gasteiger partial charge in [0.15, 0.2) is 11.2 Å². The van der Waals surface area contributed by atoms with Crippen molar-refractivity contribution in [1.82, 2.24) is 19.5 Å². The van der Waals surface area contributed by atoms with Crippen LogP contribution < -0.4 is 16.0 Å². The number of rotatable bonds is 6. The maximum absolute atomic E-state index is 11.8. The summed E-state index contributed by atoms with van der Waals surface area (Å²) < 4.78 is 7.81. The summed E-state index contributed by atoms with van der Waals surface area (Å²) in [5.41, 5.74) is 6.14. The first-order chi connectivity index (χ1) is 14.7. The fraction of sp³-hybridized carbons (Fsp3) is 0.174. The standard InChI is InChI=1S/C23H21N5O2/c24-23-26-21-20(22(29)27-23)25-14-28(21)9-3-4-10-30-19-8-7-17-11-15-5-1-2-6-16(15)12-18(17)13-19/h1-2,5-8,11-14H,3-4,9-10H2,(H3,24,26,27,29). The molecule has 0 aliphatic rings. The van der Waals surface area contributed by atoms with Crippen LogP contribution in [0.2, 0.25) is 0 Å². The van der Waals surface area contributed by atoms with E-state index < -0.39 is 0 Å². The molecule has 2 aromatic heterocycles. The van der Waals surface area contributed by atoms with Crippen molar-refractivity contribution in [3.63, 3.8) is 0 Å². The van der Waals surface area contributed by atoms with Crippen molar-refractivity contribution in [2.24, 2.45) is 0 Å². The number of nitrogens with two attached hydrogens (primary N) is 1. The normalized spacial score (nSPS) is 11.5. The third-order valence-electron chi connectivity index (χ3n) is 5.23. The fourth-order valence-electron chi connectivity index (χ4n) is 3.72. The summed E-state index contributed by atoms with van der Waals surface area (Å²) in [5, 5.41) is 4.84. The summed E-state index contributed by atoms with van der Waals surface area (Å²) in [6.45, 7) is 1.31. The van der Waals surface area contributed by atoms with Gasteiger partial charge in [-0.05, 0) is 58.7 Å². The van der Waals surface area contributed by atoms with Gasteiger partial charge >= 0.3 is 0 Å². The molecule has 0 atom stereocenters. The van der Waals surface area contributed by atoms with Crippen LogP contribution in [-0.2, 0) is 6.54 Å². The summed E-state index contributed by atoms with van der Waals surface area (Å²) in [6.07, 6.45) is 3.37. The minimum atomic E-state index is -0.316. The van der Waals surface area contributed by atoms with Crippen LogP contribution in [0.1, 0.15) is 12.8 Å². The van der Waals surface area contributed by atoms with Gasteiger partial charge in [0.05, 0.1) is 12.9 Å². The van der Waals surface area contributed by atoms with E-state index in [0.29, 0.717) is 24.3 Å². The van der Waals surface area contributed by atoms with E-state index in [1.165, 1.54) is 21.5 Å². The second kappa shape index (κ2) is 7.51. The first kappa shape index (κ1) is 18.2. The molecule has 0 saturated heterocycles. The number of ether oxygens (including phenoxy) is 1. The molecule has 0 fully saturated rings. The molecule has 0 aliphatic carbocycles. The minimum absolute atomic E-state index is 0.0988. The highest BCUT2D eigenvalue weighted by Crippen LogP contribution is 2.26. The van der Waals surface area contributed by atoms with Crippen molar-refractivity contribution in [3.8, 4) is 5.75 Å². The lowest BCUT2D eigenvalue weighted by atomic mass is 10.0. The Morgan fingerprint density at radius 1 is 0.967 bits per heavy atom. The zero-order valence-corrected chi connectivity index (χ0v) is 16.3. The Morgan fingerprint density at radius 2 is 1.73 bits per heavy atom. The summed E-state index contributed by atoms with van der Waals surface area (Å²) >= 11 is 0. The molecule has 150 valence electrons. The maximum Gasteiger partial charge on any atom is 0.280 e. The Balaban J connectivity index is 1.21. The molecule has 0 spiro atoms. The quantitative estimate of drug-likeness (QED) is 0.334. The lowest BCUT2D eigenvalue weighted by Gasteiger charge is -2.09. The first-order valence-electron chi connectivity index (χ1n) is 9.93. The molecule has 0 radical (unpaired) electrons. The van der Waals surface area contributed by atoms with Gasteiger partial charge < -0.3 is 15.0 Å².